The minimum absolute atomic E-state index is 0.525. The van der Waals surface area contributed by atoms with Gasteiger partial charge in [-0.15, -0.1) is 0 Å². The maximum atomic E-state index is 5.73. The fourth-order valence-electron chi connectivity index (χ4n) is 1.85. The summed E-state index contributed by atoms with van der Waals surface area (Å²) in [5, 5.41) is 2.18. The van der Waals surface area contributed by atoms with Crippen molar-refractivity contribution in [3.8, 4) is 0 Å². The van der Waals surface area contributed by atoms with Gasteiger partial charge in [-0.05, 0) is 26.3 Å². The van der Waals surface area contributed by atoms with Gasteiger partial charge in [0.05, 0.1) is 0 Å². The van der Waals surface area contributed by atoms with Gasteiger partial charge in [0.1, 0.15) is 0 Å². The molecule has 1 saturated carbocycles. The number of rotatable bonds is 1. The number of hydrogen-bond donors (Lipinski definition) is 2. The van der Waals surface area contributed by atoms with Crippen molar-refractivity contribution in [3.05, 3.63) is 0 Å². The van der Waals surface area contributed by atoms with Gasteiger partial charge in [0.2, 0.25) is 0 Å². The predicted octanol–water partition coefficient (Wildman–Crippen LogP) is 1.49. The van der Waals surface area contributed by atoms with Crippen molar-refractivity contribution in [3.63, 3.8) is 0 Å². The Labute approximate surface area is 88.0 Å². The molecule has 0 bridgehead atoms. The van der Waals surface area contributed by atoms with E-state index in [1.807, 2.05) is 7.05 Å². The largest absolute Gasteiger partial charge is 0.328 e. The van der Waals surface area contributed by atoms with E-state index in [4.69, 9.17) is 5.73 Å². The van der Waals surface area contributed by atoms with E-state index in [9.17, 15) is 0 Å². The van der Waals surface area contributed by atoms with Crippen LogP contribution in [-0.4, -0.2) is 31.2 Å². The van der Waals surface area contributed by atoms with Crippen molar-refractivity contribution in [1.29, 1.82) is 0 Å². The highest BCUT2D eigenvalue weighted by Gasteiger charge is 2.09. The van der Waals surface area contributed by atoms with Crippen LogP contribution in [0.4, 0.5) is 0 Å². The van der Waals surface area contributed by atoms with Crippen LogP contribution in [-0.2, 0) is 0 Å². The zero-order valence-corrected chi connectivity index (χ0v) is 9.47. The molecule has 1 saturated heterocycles. The van der Waals surface area contributed by atoms with E-state index in [0.29, 0.717) is 6.04 Å². The van der Waals surface area contributed by atoms with Crippen LogP contribution in [0.2, 0.25) is 0 Å². The molecule has 3 N–H and O–H groups in total. The zero-order chi connectivity index (χ0) is 10.2. The number of hydrazine groups is 1. The van der Waals surface area contributed by atoms with Crippen molar-refractivity contribution in [1.82, 2.24) is 10.4 Å². The van der Waals surface area contributed by atoms with Gasteiger partial charge in [0.25, 0.3) is 0 Å². The average molecular weight is 199 g/mol. The fraction of sp³-hybridized carbons (Fsp3) is 1.00. The van der Waals surface area contributed by atoms with E-state index >= 15 is 0 Å². The van der Waals surface area contributed by atoms with Gasteiger partial charge in [-0.25, -0.2) is 5.01 Å². The maximum absolute atomic E-state index is 5.73. The van der Waals surface area contributed by atoms with Crippen LogP contribution in [0.15, 0.2) is 0 Å². The second-order valence-corrected chi connectivity index (χ2v) is 4.32. The molecule has 0 aromatic carbocycles. The van der Waals surface area contributed by atoms with Gasteiger partial charge < -0.3 is 5.73 Å². The van der Waals surface area contributed by atoms with Gasteiger partial charge >= 0.3 is 0 Å². The molecule has 0 aromatic heterocycles. The number of nitrogens with zero attached hydrogens (tertiary/aromatic N) is 1. The molecule has 0 unspecified atom stereocenters. The first-order valence-electron chi connectivity index (χ1n) is 6.01. The number of nitrogens with one attached hydrogen (secondary N) is 1. The summed E-state index contributed by atoms with van der Waals surface area (Å²) in [7, 11) is 1.96. The summed E-state index contributed by atoms with van der Waals surface area (Å²) < 4.78 is 0. The van der Waals surface area contributed by atoms with Crippen LogP contribution >= 0.6 is 0 Å². The normalized spacial score (nSPS) is 24.4. The van der Waals surface area contributed by atoms with Gasteiger partial charge in [-0.1, -0.05) is 25.7 Å². The van der Waals surface area contributed by atoms with Crippen molar-refractivity contribution in [2.75, 3.05) is 20.1 Å². The van der Waals surface area contributed by atoms with Crippen LogP contribution < -0.4 is 11.2 Å². The summed E-state index contributed by atoms with van der Waals surface area (Å²) in [6.07, 6.45) is 9.44. The van der Waals surface area contributed by atoms with Crippen LogP contribution in [0.5, 0.6) is 0 Å². The minimum atomic E-state index is 0.525. The fourth-order valence-corrected chi connectivity index (χ4v) is 1.85. The summed E-state index contributed by atoms with van der Waals surface area (Å²) in [5.41, 5.74) is 8.77. The first-order chi connectivity index (χ1) is 6.83. The molecule has 2 aliphatic rings. The first-order valence-corrected chi connectivity index (χ1v) is 6.01. The highest BCUT2D eigenvalue weighted by atomic mass is 15.5. The molecule has 14 heavy (non-hydrogen) atoms. The van der Waals surface area contributed by atoms with Gasteiger partial charge in [-0.2, -0.15) is 0 Å². The molecule has 0 spiro atoms. The van der Waals surface area contributed by atoms with E-state index < -0.39 is 0 Å². The zero-order valence-electron chi connectivity index (χ0n) is 9.47. The Morgan fingerprint density at radius 2 is 1.57 bits per heavy atom. The monoisotopic (exact) mass is 199 g/mol. The summed E-state index contributed by atoms with van der Waals surface area (Å²) >= 11 is 0. The molecule has 1 heterocycles. The third-order valence-electron chi connectivity index (χ3n) is 3.07. The van der Waals surface area contributed by atoms with E-state index in [2.05, 4.69) is 10.4 Å². The quantitative estimate of drug-likeness (QED) is 0.629. The standard InChI is InChI=1S/C7H15N.C4H10N2/c8-7-5-3-1-2-4-6-7;1-5-6-3-2-4-6/h7H,1-6,8H2;5H,2-4H2,1H3. The Morgan fingerprint density at radius 3 is 1.86 bits per heavy atom. The van der Waals surface area contributed by atoms with Crippen LogP contribution in [0.25, 0.3) is 0 Å². The molecule has 0 aromatic rings. The summed E-state index contributed by atoms with van der Waals surface area (Å²) in [5.74, 6) is 0. The van der Waals surface area contributed by atoms with Crippen molar-refractivity contribution in [2.45, 2.75) is 51.0 Å². The van der Waals surface area contributed by atoms with Crippen molar-refractivity contribution < 1.29 is 0 Å². The van der Waals surface area contributed by atoms with Gasteiger partial charge in [-0.3, -0.25) is 5.43 Å². The van der Waals surface area contributed by atoms with E-state index in [-0.39, 0.29) is 0 Å². The molecule has 0 atom stereocenters. The molecule has 0 amide bonds. The Morgan fingerprint density at radius 1 is 1.00 bits per heavy atom. The van der Waals surface area contributed by atoms with Gasteiger partial charge in [0.15, 0.2) is 0 Å². The molecule has 0 radical (unpaired) electrons. The van der Waals surface area contributed by atoms with E-state index in [0.717, 1.165) is 0 Å². The van der Waals surface area contributed by atoms with Gasteiger partial charge in [0, 0.05) is 19.1 Å². The Balaban J connectivity index is 0.000000146. The second-order valence-electron chi connectivity index (χ2n) is 4.32. The Hall–Kier alpha value is -0.120. The van der Waals surface area contributed by atoms with E-state index in [1.165, 1.54) is 58.0 Å². The van der Waals surface area contributed by atoms with Crippen LogP contribution in [0.3, 0.4) is 0 Å². The lowest BCUT2D eigenvalue weighted by Gasteiger charge is -2.28. The van der Waals surface area contributed by atoms with Crippen LogP contribution in [0, 0.1) is 0 Å². The Bertz CT molecular complexity index is 124. The molecule has 2 fully saturated rings. The lowest BCUT2D eigenvalue weighted by atomic mass is 10.1. The highest BCUT2D eigenvalue weighted by Crippen LogP contribution is 2.14. The molecule has 1 aliphatic heterocycles. The predicted molar refractivity (Wildman–Crippen MR) is 60.9 cm³/mol. The SMILES string of the molecule is CNN1CCC1.NC1CCCCCC1. The number of nitrogens with two attached hydrogens (primary N) is 1. The molecular weight excluding hydrogens is 174 g/mol. The summed E-state index contributed by atoms with van der Waals surface area (Å²) in [6.45, 7) is 2.47. The smallest absolute Gasteiger partial charge is 0.0143 e. The first kappa shape index (κ1) is 12.0. The van der Waals surface area contributed by atoms with Crippen molar-refractivity contribution in [2.24, 2.45) is 5.73 Å². The minimum Gasteiger partial charge on any atom is -0.328 e. The number of hydrogen-bond acceptors (Lipinski definition) is 3. The third-order valence-corrected chi connectivity index (χ3v) is 3.07. The van der Waals surface area contributed by atoms with Crippen LogP contribution in [0.1, 0.15) is 44.9 Å². The Kier molecular flexibility index (Phi) is 6.15. The third kappa shape index (κ3) is 4.94. The summed E-state index contributed by atoms with van der Waals surface area (Å²) in [4.78, 5) is 0. The van der Waals surface area contributed by atoms with Crippen molar-refractivity contribution >= 4 is 0 Å². The molecular formula is C11H25N3. The molecule has 1 aliphatic carbocycles. The average Bonchev–Trinajstić information content (AvgIpc) is 2.32. The maximum Gasteiger partial charge on any atom is 0.0143 e. The highest BCUT2D eigenvalue weighted by molar-refractivity contribution is 4.65. The molecule has 2 rings (SSSR count). The lowest BCUT2D eigenvalue weighted by Crippen LogP contribution is -2.45. The topological polar surface area (TPSA) is 41.3 Å². The molecule has 3 nitrogen and oxygen atoms in total. The lowest BCUT2D eigenvalue weighted by molar-refractivity contribution is 0.124. The second kappa shape index (κ2) is 7.21. The molecule has 84 valence electrons. The molecule has 3 heteroatoms. The summed E-state index contributed by atoms with van der Waals surface area (Å²) in [6, 6.07) is 0.525. The van der Waals surface area contributed by atoms with E-state index in [1.54, 1.807) is 0 Å².